The number of amides is 3. The summed E-state index contributed by atoms with van der Waals surface area (Å²) >= 11 is 0. The molecule has 0 unspecified atom stereocenters. The van der Waals surface area contributed by atoms with Crippen LogP contribution in [0.2, 0.25) is 0 Å². The molecule has 4 heteroatoms. The molecule has 1 aliphatic heterocycles. The lowest BCUT2D eigenvalue weighted by atomic mass is 10.1. The van der Waals surface area contributed by atoms with Crippen molar-refractivity contribution in [3.05, 3.63) is 35.4 Å². The van der Waals surface area contributed by atoms with E-state index in [4.69, 9.17) is 0 Å². The SMILES string of the molecule is CCc1ccc(CN2C(=O)NC(C)(C)C2=O)cc1. The summed E-state index contributed by atoms with van der Waals surface area (Å²) in [7, 11) is 0. The molecule has 3 amide bonds. The highest BCUT2D eigenvalue weighted by atomic mass is 16.2. The molecule has 2 rings (SSSR count). The van der Waals surface area contributed by atoms with E-state index in [1.54, 1.807) is 13.8 Å². The zero-order chi connectivity index (χ0) is 13.3. The van der Waals surface area contributed by atoms with Gasteiger partial charge in [0.25, 0.3) is 5.91 Å². The molecule has 1 aromatic rings. The first-order chi connectivity index (χ1) is 8.44. The highest BCUT2D eigenvalue weighted by Crippen LogP contribution is 2.19. The maximum atomic E-state index is 12.0. The number of aryl methyl sites for hydroxylation is 1. The Morgan fingerprint density at radius 3 is 2.11 bits per heavy atom. The Balaban J connectivity index is 2.14. The zero-order valence-electron chi connectivity index (χ0n) is 11.0. The third-order valence-corrected chi connectivity index (χ3v) is 3.22. The third kappa shape index (κ3) is 2.23. The monoisotopic (exact) mass is 246 g/mol. The van der Waals surface area contributed by atoms with Gasteiger partial charge in [-0.1, -0.05) is 31.2 Å². The van der Waals surface area contributed by atoms with Gasteiger partial charge in [0, 0.05) is 0 Å². The van der Waals surface area contributed by atoms with Crippen molar-refractivity contribution in [1.82, 2.24) is 10.2 Å². The number of rotatable bonds is 3. The molecule has 1 heterocycles. The molecule has 0 saturated carbocycles. The number of urea groups is 1. The highest BCUT2D eigenvalue weighted by Gasteiger charge is 2.43. The van der Waals surface area contributed by atoms with Crippen LogP contribution >= 0.6 is 0 Å². The van der Waals surface area contributed by atoms with Crippen molar-refractivity contribution in [3.63, 3.8) is 0 Å². The lowest BCUT2D eigenvalue weighted by molar-refractivity contribution is -0.130. The Kier molecular flexibility index (Phi) is 3.11. The average Bonchev–Trinajstić information content (AvgIpc) is 2.52. The Hall–Kier alpha value is -1.84. The maximum absolute atomic E-state index is 12.0. The van der Waals surface area contributed by atoms with Gasteiger partial charge in [0.15, 0.2) is 0 Å². The predicted octanol–water partition coefficient (Wildman–Crippen LogP) is 2.08. The number of carbonyl (C=O) groups excluding carboxylic acids is 2. The summed E-state index contributed by atoms with van der Waals surface area (Å²) in [6.45, 7) is 5.86. The van der Waals surface area contributed by atoms with Gasteiger partial charge < -0.3 is 5.32 Å². The Bertz CT molecular complexity index is 477. The van der Waals surface area contributed by atoms with Crippen LogP contribution in [0.1, 0.15) is 31.9 Å². The van der Waals surface area contributed by atoms with Gasteiger partial charge in [-0.05, 0) is 31.4 Å². The van der Waals surface area contributed by atoms with Gasteiger partial charge >= 0.3 is 6.03 Å². The summed E-state index contributed by atoms with van der Waals surface area (Å²) in [6, 6.07) is 7.66. The smallest absolute Gasteiger partial charge is 0.324 e. The highest BCUT2D eigenvalue weighted by molar-refractivity contribution is 6.06. The fourth-order valence-corrected chi connectivity index (χ4v) is 2.02. The van der Waals surface area contributed by atoms with Crippen LogP contribution in [-0.4, -0.2) is 22.4 Å². The number of hydrogen-bond acceptors (Lipinski definition) is 2. The lowest BCUT2D eigenvalue weighted by Crippen LogP contribution is -2.40. The van der Waals surface area contributed by atoms with Crippen molar-refractivity contribution in [2.45, 2.75) is 39.3 Å². The number of carbonyl (C=O) groups is 2. The van der Waals surface area contributed by atoms with Gasteiger partial charge in [-0.3, -0.25) is 9.69 Å². The van der Waals surface area contributed by atoms with Gasteiger partial charge in [-0.25, -0.2) is 4.79 Å². The second kappa shape index (κ2) is 4.44. The van der Waals surface area contributed by atoms with Crippen molar-refractivity contribution in [1.29, 1.82) is 0 Å². The van der Waals surface area contributed by atoms with Gasteiger partial charge in [-0.15, -0.1) is 0 Å². The standard InChI is InChI=1S/C14H18N2O2/c1-4-10-5-7-11(8-6-10)9-16-12(17)14(2,3)15-13(16)18/h5-8H,4,9H2,1-3H3,(H,15,18). The maximum Gasteiger partial charge on any atom is 0.325 e. The van der Waals surface area contributed by atoms with Crippen molar-refractivity contribution >= 4 is 11.9 Å². The van der Waals surface area contributed by atoms with Crippen LogP contribution < -0.4 is 5.32 Å². The van der Waals surface area contributed by atoms with Crippen LogP contribution in [0.25, 0.3) is 0 Å². The van der Waals surface area contributed by atoms with Crippen molar-refractivity contribution in [2.24, 2.45) is 0 Å². The molecule has 1 aliphatic rings. The summed E-state index contributed by atoms with van der Waals surface area (Å²) in [4.78, 5) is 25.0. The summed E-state index contributed by atoms with van der Waals surface area (Å²) in [5, 5.41) is 2.67. The first-order valence-corrected chi connectivity index (χ1v) is 6.16. The molecule has 1 N–H and O–H groups in total. The van der Waals surface area contributed by atoms with E-state index in [0.29, 0.717) is 6.54 Å². The van der Waals surface area contributed by atoms with Crippen LogP contribution in [0.4, 0.5) is 4.79 Å². The lowest BCUT2D eigenvalue weighted by Gasteiger charge is -2.16. The largest absolute Gasteiger partial charge is 0.325 e. The Morgan fingerprint density at radius 2 is 1.67 bits per heavy atom. The molecular formula is C14H18N2O2. The second-order valence-corrected chi connectivity index (χ2v) is 5.12. The van der Waals surface area contributed by atoms with Gasteiger partial charge in [0.1, 0.15) is 5.54 Å². The van der Waals surface area contributed by atoms with E-state index < -0.39 is 5.54 Å². The molecule has 0 radical (unpaired) electrons. The van der Waals surface area contributed by atoms with Crippen LogP contribution in [0, 0.1) is 0 Å². The molecular weight excluding hydrogens is 228 g/mol. The van der Waals surface area contributed by atoms with Crippen LogP contribution in [0.3, 0.4) is 0 Å². The van der Waals surface area contributed by atoms with Crippen molar-refractivity contribution < 1.29 is 9.59 Å². The van der Waals surface area contributed by atoms with Crippen LogP contribution in [0.15, 0.2) is 24.3 Å². The van der Waals surface area contributed by atoms with E-state index in [9.17, 15) is 9.59 Å². The van der Waals surface area contributed by atoms with Gasteiger partial charge in [-0.2, -0.15) is 0 Å². The van der Waals surface area contributed by atoms with Crippen molar-refractivity contribution in [3.8, 4) is 0 Å². The predicted molar refractivity (Wildman–Crippen MR) is 69.0 cm³/mol. The van der Waals surface area contributed by atoms with E-state index in [1.807, 2.05) is 24.3 Å². The molecule has 0 atom stereocenters. The van der Waals surface area contributed by atoms with E-state index in [1.165, 1.54) is 10.5 Å². The molecule has 1 saturated heterocycles. The van der Waals surface area contributed by atoms with Gasteiger partial charge in [0.05, 0.1) is 6.54 Å². The van der Waals surface area contributed by atoms with E-state index in [2.05, 4.69) is 12.2 Å². The van der Waals surface area contributed by atoms with Gasteiger partial charge in [0.2, 0.25) is 0 Å². The second-order valence-electron chi connectivity index (χ2n) is 5.12. The molecule has 96 valence electrons. The normalized spacial score (nSPS) is 18.1. The molecule has 1 fully saturated rings. The summed E-state index contributed by atoms with van der Waals surface area (Å²) in [5.74, 6) is -0.174. The Labute approximate surface area is 107 Å². The molecule has 0 bridgehead atoms. The molecule has 1 aromatic carbocycles. The quantitative estimate of drug-likeness (QED) is 0.830. The summed E-state index contributed by atoms with van der Waals surface area (Å²) in [6.07, 6.45) is 0.983. The van der Waals surface area contributed by atoms with Crippen LogP contribution in [0.5, 0.6) is 0 Å². The minimum atomic E-state index is -0.791. The first kappa shape index (κ1) is 12.6. The summed E-state index contributed by atoms with van der Waals surface area (Å²) < 4.78 is 0. The fraction of sp³-hybridized carbons (Fsp3) is 0.429. The van der Waals surface area contributed by atoms with Crippen LogP contribution in [-0.2, 0) is 17.8 Å². The number of benzene rings is 1. The zero-order valence-corrected chi connectivity index (χ0v) is 11.0. The number of imide groups is 1. The molecule has 0 aromatic heterocycles. The molecule has 0 spiro atoms. The Morgan fingerprint density at radius 1 is 1.11 bits per heavy atom. The minimum Gasteiger partial charge on any atom is -0.324 e. The molecule has 4 nitrogen and oxygen atoms in total. The van der Waals surface area contributed by atoms with Crippen molar-refractivity contribution in [2.75, 3.05) is 0 Å². The third-order valence-electron chi connectivity index (χ3n) is 3.22. The molecule has 0 aliphatic carbocycles. The summed E-state index contributed by atoms with van der Waals surface area (Å²) in [5.41, 5.74) is 1.42. The number of hydrogen-bond donors (Lipinski definition) is 1. The van der Waals surface area contributed by atoms with E-state index in [0.717, 1.165) is 12.0 Å². The number of nitrogens with one attached hydrogen (secondary N) is 1. The minimum absolute atomic E-state index is 0.174. The van der Waals surface area contributed by atoms with E-state index in [-0.39, 0.29) is 11.9 Å². The number of nitrogens with zero attached hydrogens (tertiary/aromatic N) is 1. The fourth-order valence-electron chi connectivity index (χ4n) is 2.02. The topological polar surface area (TPSA) is 49.4 Å². The first-order valence-electron chi connectivity index (χ1n) is 6.16. The average molecular weight is 246 g/mol. The molecule has 18 heavy (non-hydrogen) atoms. The van der Waals surface area contributed by atoms with E-state index >= 15 is 0 Å².